The summed E-state index contributed by atoms with van der Waals surface area (Å²) in [6.07, 6.45) is 6.05. The first-order valence-corrected chi connectivity index (χ1v) is 6.92. The zero-order valence-electron chi connectivity index (χ0n) is 11.1. The van der Waals surface area contributed by atoms with Crippen molar-refractivity contribution < 1.29 is 0 Å². The standard InChI is InChI=1S/C16H16N4/c17-10-16(6-7-16)15-18-8-5-14(20-15)12-9-19-13-4-2-1-3-11(12)13/h1-5,8-9,19H,6-7,10,17H2. The summed E-state index contributed by atoms with van der Waals surface area (Å²) in [7, 11) is 0. The molecule has 2 aromatic heterocycles. The number of aromatic amines is 1. The lowest BCUT2D eigenvalue weighted by atomic mass is 10.1. The lowest BCUT2D eigenvalue weighted by Gasteiger charge is -2.11. The van der Waals surface area contributed by atoms with E-state index in [4.69, 9.17) is 10.7 Å². The van der Waals surface area contributed by atoms with Crippen LogP contribution in [-0.2, 0) is 5.41 Å². The largest absolute Gasteiger partial charge is 0.360 e. The number of H-pyrrole nitrogens is 1. The Morgan fingerprint density at radius 2 is 2.05 bits per heavy atom. The molecule has 1 aliphatic rings. The van der Waals surface area contributed by atoms with Gasteiger partial charge in [-0.3, -0.25) is 0 Å². The SMILES string of the molecule is NCC1(c2nccc(-c3c[nH]c4ccccc34)n2)CC1. The first-order valence-electron chi connectivity index (χ1n) is 6.92. The second-order valence-electron chi connectivity index (χ2n) is 5.50. The molecule has 1 aromatic carbocycles. The van der Waals surface area contributed by atoms with Crippen LogP contribution in [0, 0.1) is 0 Å². The molecule has 4 rings (SSSR count). The molecule has 3 N–H and O–H groups in total. The lowest BCUT2D eigenvalue weighted by molar-refractivity contribution is 0.649. The Kier molecular flexibility index (Phi) is 2.41. The molecule has 100 valence electrons. The summed E-state index contributed by atoms with van der Waals surface area (Å²) >= 11 is 0. The van der Waals surface area contributed by atoms with Crippen molar-refractivity contribution in [2.75, 3.05) is 6.54 Å². The lowest BCUT2D eigenvalue weighted by Crippen LogP contribution is -2.22. The van der Waals surface area contributed by atoms with Crippen LogP contribution in [0.3, 0.4) is 0 Å². The molecule has 4 heteroatoms. The number of aromatic nitrogens is 3. The van der Waals surface area contributed by atoms with E-state index >= 15 is 0 Å². The molecule has 0 saturated heterocycles. The molecule has 4 nitrogen and oxygen atoms in total. The summed E-state index contributed by atoms with van der Waals surface area (Å²) < 4.78 is 0. The van der Waals surface area contributed by atoms with Crippen LogP contribution < -0.4 is 5.73 Å². The molecule has 3 aromatic rings. The summed E-state index contributed by atoms with van der Waals surface area (Å²) in [4.78, 5) is 12.5. The van der Waals surface area contributed by atoms with E-state index in [1.807, 2.05) is 30.6 Å². The molecule has 0 amide bonds. The number of nitrogens with zero attached hydrogens (tertiary/aromatic N) is 2. The Balaban J connectivity index is 1.85. The molecular formula is C16H16N4. The highest BCUT2D eigenvalue weighted by molar-refractivity contribution is 5.94. The van der Waals surface area contributed by atoms with Crippen LogP contribution in [0.4, 0.5) is 0 Å². The zero-order chi connectivity index (χ0) is 13.6. The zero-order valence-corrected chi connectivity index (χ0v) is 11.1. The number of para-hydroxylation sites is 1. The summed E-state index contributed by atoms with van der Waals surface area (Å²) in [5.74, 6) is 0.891. The van der Waals surface area contributed by atoms with Crippen LogP contribution in [0.15, 0.2) is 42.7 Å². The van der Waals surface area contributed by atoms with E-state index < -0.39 is 0 Å². The molecule has 1 saturated carbocycles. The Bertz CT molecular complexity index is 771. The fraction of sp³-hybridized carbons (Fsp3) is 0.250. The van der Waals surface area contributed by atoms with Crippen molar-refractivity contribution in [2.24, 2.45) is 5.73 Å². The quantitative estimate of drug-likeness (QED) is 0.764. The van der Waals surface area contributed by atoms with Crippen molar-refractivity contribution in [1.82, 2.24) is 15.0 Å². The van der Waals surface area contributed by atoms with Gasteiger partial charge in [0.2, 0.25) is 0 Å². The summed E-state index contributed by atoms with van der Waals surface area (Å²) in [6.45, 7) is 0.629. The average molecular weight is 264 g/mol. The van der Waals surface area contributed by atoms with Gasteiger partial charge in [0.1, 0.15) is 5.82 Å². The second-order valence-corrected chi connectivity index (χ2v) is 5.50. The van der Waals surface area contributed by atoms with Crippen LogP contribution in [0.2, 0.25) is 0 Å². The summed E-state index contributed by atoms with van der Waals surface area (Å²) in [5.41, 5.74) is 9.12. The van der Waals surface area contributed by atoms with Gasteiger partial charge in [0.05, 0.1) is 5.69 Å². The molecule has 0 unspecified atom stereocenters. The Morgan fingerprint density at radius 1 is 1.20 bits per heavy atom. The number of benzene rings is 1. The molecule has 2 heterocycles. The van der Waals surface area contributed by atoms with Gasteiger partial charge in [-0.1, -0.05) is 18.2 Å². The van der Waals surface area contributed by atoms with Crippen LogP contribution >= 0.6 is 0 Å². The van der Waals surface area contributed by atoms with Crippen molar-refractivity contribution in [3.63, 3.8) is 0 Å². The van der Waals surface area contributed by atoms with Crippen molar-refractivity contribution in [1.29, 1.82) is 0 Å². The van der Waals surface area contributed by atoms with E-state index in [0.717, 1.165) is 35.4 Å². The second kappa shape index (κ2) is 4.15. The molecule has 0 atom stereocenters. The predicted molar refractivity (Wildman–Crippen MR) is 79.3 cm³/mol. The predicted octanol–water partition coefficient (Wildman–Crippen LogP) is 2.62. The van der Waals surface area contributed by atoms with Crippen molar-refractivity contribution in [3.8, 4) is 11.3 Å². The van der Waals surface area contributed by atoms with Crippen molar-refractivity contribution in [2.45, 2.75) is 18.3 Å². The van der Waals surface area contributed by atoms with Crippen molar-refractivity contribution >= 4 is 10.9 Å². The Morgan fingerprint density at radius 3 is 2.85 bits per heavy atom. The molecule has 0 spiro atoms. The number of hydrogen-bond acceptors (Lipinski definition) is 3. The highest BCUT2D eigenvalue weighted by atomic mass is 14.9. The molecule has 20 heavy (non-hydrogen) atoms. The highest BCUT2D eigenvalue weighted by Crippen LogP contribution is 2.45. The number of fused-ring (bicyclic) bond motifs is 1. The third kappa shape index (κ3) is 1.65. The van der Waals surface area contributed by atoms with Crippen LogP contribution in [0.1, 0.15) is 18.7 Å². The third-order valence-electron chi connectivity index (χ3n) is 4.24. The third-order valence-corrected chi connectivity index (χ3v) is 4.24. The molecule has 0 bridgehead atoms. The van der Waals surface area contributed by atoms with Gasteiger partial charge in [0.15, 0.2) is 0 Å². The van der Waals surface area contributed by atoms with Gasteiger partial charge in [-0.05, 0) is 25.0 Å². The topological polar surface area (TPSA) is 67.6 Å². The van der Waals surface area contributed by atoms with E-state index in [9.17, 15) is 0 Å². The van der Waals surface area contributed by atoms with Gasteiger partial charge in [-0.2, -0.15) is 0 Å². The van der Waals surface area contributed by atoms with Gasteiger partial charge in [-0.15, -0.1) is 0 Å². The number of nitrogens with two attached hydrogens (primary N) is 1. The molecule has 1 aliphatic carbocycles. The minimum absolute atomic E-state index is 0.0299. The fourth-order valence-electron chi connectivity index (χ4n) is 2.72. The van der Waals surface area contributed by atoms with E-state index in [1.54, 1.807) is 0 Å². The van der Waals surface area contributed by atoms with Gasteiger partial charge in [0.25, 0.3) is 0 Å². The number of hydrogen-bond donors (Lipinski definition) is 2. The van der Waals surface area contributed by atoms with E-state index in [0.29, 0.717) is 6.54 Å². The van der Waals surface area contributed by atoms with Gasteiger partial charge < -0.3 is 10.7 Å². The first kappa shape index (κ1) is 11.6. The highest BCUT2D eigenvalue weighted by Gasteiger charge is 2.45. The van der Waals surface area contributed by atoms with E-state index in [2.05, 4.69) is 22.1 Å². The van der Waals surface area contributed by atoms with Gasteiger partial charge in [0, 0.05) is 40.8 Å². The summed E-state index contributed by atoms with van der Waals surface area (Å²) in [5, 5.41) is 1.19. The van der Waals surface area contributed by atoms with Crippen LogP contribution in [0.5, 0.6) is 0 Å². The minimum atomic E-state index is 0.0299. The number of nitrogens with one attached hydrogen (secondary N) is 1. The maximum atomic E-state index is 5.87. The smallest absolute Gasteiger partial charge is 0.136 e. The molecule has 1 fully saturated rings. The van der Waals surface area contributed by atoms with Crippen LogP contribution in [-0.4, -0.2) is 21.5 Å². The molecule has 0 radical (unpaired) electrons. The fourth-order valence-corrected chi connectivity index (χ4v) is 2.72. The van der Waals surface area contributed by atoms with Crippen molar-refractivity contribution in [3.05, 3.63) is 48.5 Å². The van der Waals surface area contributed by atoms with Gasteiger partial charge >= 0.3 is 0 Å². The Hall–Kier alpha value is -2.20. The maximum Gasteiger partial charge on any atom is 0.136 e. The van der Waals surface area contributed by atoms with E-state index in [-0.39, 0.29) is 5.41 Å². The summed E-state index contributed by atoms with van der Waals surface area (Å²) in [6, 6.07) is 10.2. The minimum Gasteiger partial charge on any atom is -0.360 e. The first-order chi connectivity index (χ1) is 9.82. The number of rotatable bonds is 3. The normalized spacial score (nSPS) is 16.4. The monoisotopic (exact) mass is 264 g/mol. The average Bonchev–Trinajstić information content (AvgIpc) is 3.20. The molecule has 0 aliphatic heterocycles. The Labute approximate surface area is 117 Å². The van der Waals surface area contributed by atoms with Gasteiger partial charge in [-0.25, -0.2) is 9.97 Å². The molecular weight excluding hydrogens is 248 g/mol. The van der Waals surface area contributed by atoms with E-state index in [1.165, 1.54) is 5.39 Å². The maximum absolute atomic E-state index is 5.87. The van der Waals surface area contributed by atoms with Crippen LogP contribution in [0.25, 0.3) is 22.2 Å².